The van der Waals surface area contributed by atoms with Crippen LogP contribution in [-0.2, 0) is 46.2 Å². The third-order valence-electron chi connectivity index (χ3n) is 4.35. The molecule has 0 N–H and O–H groups in total. The van der Waals surface area contributed by atoms with Crippen LogP contribution in [0.5, 0.6) is 0 Å². The summed E-state index contributed by atoms with van der Waals surface area (Å²) in [7, 11) is -6.52. The highest BCUT2D eigenvalue weighted by molar-refractivity contribution is 7.54. The van der Waals surface area contributed by atoms with Crippen molar-refractivity contribution in [1.29, 1.82) is 0 Å². The normalized spacial score (nSPS) is 28.7. The fourth-order valence-electron chi connectivity index (χ4n) is 3.07. The van der Waals surface area contributed by atoms with Crippen LogP contribution in [0.3, 0.4) is 0 Å². The van der Waals surface area contributed by atoms with Gasteiger partial charge in [0.1, 0.15) is 12.3 Å². The first-order valence-corrected chi connectivity index (χ1v) is 13.5. The van der Waals surface area contributed by atoms with Crippen molar-refractivity contribution in [2.24, 2.45) is 5.41 Å². The second-order valence-electron chi connectivity index (χ2n) is 6.86. The molecule has 172 valence electrons. The zero-order valence-corrected chi connectivity index (χ0v) is 19.5. The van der Waals surface area contributed by atoms with E-state index in [4.69, 9.17) is 37.0 Å². The van der Waals surface area contributed by atoms with Gasteiger partial charge >= 0.3 is 15.2 Å². The zero-order chi connectivity index (χ0) is 21.4. The Kier molecular flexibility index (Phi) is 10.2. The predicted molar refractivity (Wildman–Crippen MR) is 105 cm³/mol. The molecular weight excluding hydrogens is 426 g/mol. The van der Waals surface area contributed by atoms with Crippen molar-refractivity contribution in [3.8, 4) is 0 Å². The van der Waals surface area contributed by atoms with Crippen molar-refractivity contribution in [3.63, 3.8) is 0 Å². The Morgan fingerprint density at radius 2 is 0.931 bits per heavy atom. The molecule has 0 aromatic heterocycles. The van der Waals surface area contributed by atoms with E-state index in [9.17, 15) is 9.13 Å². The summed E-state index contributed by atoms with van der Waals surface area (Å²) in [4.78, 5) is 0. The van der Waals surface area contributed by atoms with Crippen LogP contribution in [0, 0.1) is 5.41 Å². The van der Waals surface area contributed by atoms with E-state index in [1.54, 1.807) is 27.7 Å². The average Bonchev–Trinajstić information content (AvgIpc) is 2.66. The Morgan fingerprint density at radius 3 is 1.17 bits per heavy atom. The third-order valence-corrected chi connectivity index (χ3v) is 8.45. The van der Waals surface area contributed by atoms with E-state index in [0.717, 1.165) is 0 Å². The standard InChI is InChI=1S/C17H34O10P2/c1-5-24-28(18,25-6-2)9-15-20-11-17(12-21-15)13-22-16(23-14-17)10-29(19,26-7-3)27-8-4/h15-16H,5-14H2,1-4H3. The van der Waals surface area contributed by atoms with Gasteiger partial charge in [0.15, 0.2) is 12.6 Å². The Morgan fingerprint density at radius 1 is 0.655 bits per heavy atom. The number of hydrogen-bond donors (Lipinski definition) is 0. The lowest BCUT2D eigenvalue weighted by atomic mass is 9.91. The average molecular weight is 460 g/mol. The van der Waals surface area contributed by atoms with Gasteiger partial charge in [-0.15, -0.1) is 0 Å². The third kappa shape index (κ3) is 7.65. The van der Waals surface area contributed by atoms with Crippen LogP contribution in [0.2, 0.25) is 0 Å². The first kappa shape index (κ1) is 25.4. The van der Waals surface area contributed by atoms with E-state index < -0.39 is 33.2 Å². The van der Waals surface area contributed by atoms with Crippen molar-refractivity contribution in [2.75, 3.05) is 65.2 Å². The van der Waals surface area contributed by atoms with Gasteiger partial charge in [0.2, 0.25) is 0 Å². The predicted octanol–water partition coefficient (Wildman–Crippen LogP) is 3.25. The van der Waals surface area contributed by atoms with E-state index in [1.807, 2.05) is 0 Å². The molecule has 12 heteroatoms. The number of rotatable bonds is 12. The van der Waals surface area contributed by atoms with Crippen LogP contribution < -0.4 is 0 Å². The second kappa shape index (κ2) is 11.7. The minimum Gasteiger partial charge on any atom is -0.351 e. The molecule has 0 amide bonds. The summed E-state index contributed by atoms with van der Waals surface area (Å²) < 4.78 is 69.4. The summed E-state index contributed by atoms with van der Waals surface area (Å²) in [5.41, 5.74) is -0.477. The summed E-state index contributed by atoms with van der Waals surface area (Å²) in [6.45, 7) is 9.42. The van der Waals surface area contributed by atoms with Gasteiger partial charge in [-0.1, -0.05) is 0 Å². The van der Waals surface area contributed by atoms with Crippen LogP contribution in [0.1, 0.15) is 27.7 Å². The van der Waals surface area contributed by atoms with Crippen LogP contribution in [-0.4, -0.2) is 77.8 Å². The van der Waals surface area contributed by atoms with Gasteiger partial charge in [0.05, 0.1) is 58.3 Å². The van der Waals surface area contributed by atoms with Crippen LogP contribution in [0.25, 0.3) is 0 Å². The Balaban J connectivity index is 1.82. The number of ether oxygens (including phenoxy) is 4. The lowest BCUT2D eigenvalue weighted by Gasteiger charge is -2.44. The molecule has 2 aliphatic heterocycles. The van der Waals surface area contributed by atoms with Gasteiger partial charge < -0.3 is 37.0 Å². The number of hydrogen-bond acceptors (Lipinski definition) is 10. The van der Waals surface area contributed by atoms with Crippen LogP contribution in [0.15, 0.2) is 0 Å². The molecule has 2 heterocycles. The van der Waals surface area contributed by atoms with E-state index in [0.29, 0.717) is 26.4 Å². The van der Waals surface area contributed by atoms with Crippen molar-refractivity contribution in [2.45, 2.75) is 40.3 Å². The van der Waals surface area contributed by atoms with Gasteiger partial charge in [0.25, 0.3) is 0 Å². The lowest BCUT2D eigenvalue weighted by molar-refractivity contribution is -0.294. The topological polar surface area (TPSA) is 108 Å². The van der Waals surface area contributed by atoms with E-state index >= 15 is 0 Å². The maximum absolute atomic E-state index is 12.6. The van der Waals surface area contributed by atoms with E-state index in [-0.39, 0.29) is 38.8 Å². The fraction of sp³-hybridized carbons (Fsp3) is 1.00. The molecule has 2 saturated heterocycles. The first-order chi connectivity index (χ1) is 13.8. The van der Waals surface area contributed by atoms with Crippen molar-refractivity contribution >= 4 is 15.2 Å². The molecule has 0 bridgehead atoms. The van der Waals surface area contributed by atoms with E-state index in [2.05, 4.69) is 0 Å². The Labute approximate surface area is 172 Å². The molecule has 0 radical (unpaired) electrons. The Hall–Kier alpha value is 0.140. The SMILES string of the molecule is CCOP(=O)(CC1OCC2(CO1)COC(CP(=O)(OCC)OCC)OC2)OCC. The molecule has 0 saturated carbocycles. The smallest absolute Gasteiger partial charge is 0.335 e. The summed E-state index contributed by atoms with van der Waals surface area (Å²) in [6, 6.07) is 0. The molecule has 2 rings (SSSR count). The minimum atomic E-state index is -3.26. The minimum absolute atomic E-state index is 0.0288. The van der Waals surface area contributed by atoms with Crippen molar-refractivity contribution in [3.05, 3.63) is 0 Å². The van der Waals surface area contributed by atoms with E-state index in [1.165, 1.54) is 0 Å². The van der Waals surface area contributed by atoms with Crippen LogP contribution >= 0.6 is 15.2 Å². The molecule has 0 aromatic rings. The fourth-order valence-corrected chi connectivity index (χ4v) is 6.37. The maximum Gasteiger partial charge on any atom is 0.335 e. The van der Waals surface area contributed by atoms with Crippen LogP contribution in [0.4, 0.5) is 0 Å². The molecule has 29 heavy (non-hydrogen) atoms. The monoisotopic (exact) mass is 460 g/mol. The highest BCUT2D eigenvalue weighted by Crippen LogP contribution is 2.51. The second-order valence-corrected chi connectivity index (χ2v) is 11.1. The molecule has 0 unspecified atom stereocenters. The van der Waals surface area contributed by atoms with Gasteiger partial charge in [-0.3, -0.25) is 9.13 Å². The summed E-state index contributed by atoms with van der Waals surface area (Å²) >= 11 is 0. The highest BCUT2D eigenvalue weighted by Gasteiger charge is 2.45. The Bertz CT molecular complexity index is 497. The lowest BCUT2D eigenvalue weighted by Crippen LogP contribution is -2.53. The molecule has 10 nitrogen and oxygen atoms in total. The molecular formula is C17H34O10P2. The molecule has 0 aliphatic carbocycles. The molecule has 1 spiro atoms. The van der Waals surface area contributed by atoms with Crippen molar-refractivity contribution in [1.82, 2.24) is 0 Å². The highest BCUT2D eigenvalue weighted by atomic mass is 31.2. The zero-order valence-electron chi connectivity index (χ0n) is 17.7. The molecule has 2 fully saturated rings. The van der Waals surface area contributed by atoms with Gasteiger partial charge in [-0.25, -0.2) is 0 Å². The maximum atomic E-state index is 12.6. The van der Waals surface area contributed by atoms with Gasteiger partial charge in [0, 0.05) is 0 Å². The summed E-state index contributed by atoms with van der Waals surface area (Å²) in [5, 5.41) is 0. The molecule has 2 aliphatic rings. The quantitative estimate of drug-likeness (QED) is 0.403. The first-order valence-electron chi connectivity index (χ1n) is 10.0. The van der Waals surface area contributed by atoms with Gasteiger partial charge in [-0.2, -0.15) is 0 Å². The molecule has 0 atom stereocenters. The van der Waals surface area contributed by atoms with Crippen molar-refractivity contribution < 1.29 is 46.2 Å². The largest absolute Gasteiger partial charge is 0.351 e. The van der Waals surface area contributed by atoms with Gasteiger partial charge in [-0.05, 0) is 27.7 Å². The summed E-state index contributed by atoms with van der Waals surface area (Å²) in [6.07, 6.45) is -1.31. The molecule has 0 aromatic carbocycles. The summed E-state index contributed by atoms with van der Waals surface area (Å²) in [5.74, 6) is 0.